The van der Waals surface area contributed by atoms with Gasteiger partial charge in [0.05, 0.1) is 17.1 Å². The van der Waals surface area contributed by atoms with E-state index in [0.717, 1.165) is 22.3 Å². The quantitative estimate of drug-likeness (QED) is 0.413. The van der Waals surface area contributed by atoms with Gasteiger partial charge in [0.25, 0.3) is 5.91 Å². The Morgan fingerprint density at radius 1 is 0.912 bits per heavy atom. The Bertz CT molecular complexity index is 1290. The van der Waals surface area contributed by atoms with Gasteiger partial charge in [-0.05, 0) is 64.1 Å². The van der Waals surface area contributed by atoms with Crippen LogP contribution >= 0.6 is 0 Å². The SMILES string of the molecule is Cc1ccc(C(=O)NC(C)c2nc3ccccc3n2CC(=O)N(c2ccccc2)C(C)C)cc1. The second-order valence-electron chi connectivity index (χ2n) is 8.80. The number of imidazole rings is 1. The first-order valence-corrected chi connectivity index (χ1v) is 11.5. The van der Waals surface area contributed by atoms with Crippen molar-refractivity contribution in [2.24, 2.45) is 0 Å². The van der Waals surface area contributed by atoms with E-state index in [1.165, 1.54) is 0 Å². The molecule has 0 spiro atoms. The molecule has 1 heterocycles. The zero-order chi connectivity index (χ0) is 24.2. The standard InChI is InChI=1S/C28H30N4O2/c1-19(2)32(23-10-6-5-7-11-23)26(33)18-31-25-13-9-8-12-24(25)30-27(31)21(4)29-28(34)22-16-14-20(3)15-17-22/h5-17,19,21H,18H2,1-4H3,(H,29,34). The molecule has 0 saturated heterocycles. The first kappa shape index (κ1) is 23.2. The third-order valence-electron chi connectivity index (χ3n) is 5.85. The molecule has 34 heavy (non-hydrogen) atoms. The number of fused-ring (bicyclic) bond motifs is 1. The molecular formula is C28H30N4O2. The summed E-state index contributed by atoms with van der Waals surface area (Å²) in [4.78, 5) is 33.0. The fourth-order valence-corrected chi connectivity index (χ4v) is 4.17. The molecule has 0 aliphatic rings. The molecule has 1 N–H and O–H groups in total. The van der Waals surface area contributed by atoms with E-state index in [-0.39, 0.29) is 24.4 Å². The highest BCUT2D eigenvalue weighted by molar-refractivity contribution is 5.95. The molecule has 0 bridgehead atoms. The van der Waals surface area contributed by atoms with Crippen molar-refractivity contribution in [3.05, 3.63) is 95.8 Å². The number of anilines is 1. The first-order chi connectivity index (χ1) is 16.3. The zero-order valence-electron chi connectivity index (χ0n) is 20.0. The molecule has 2 amide bonds. The van der Waals surface area contributed by atoms with Crippen molar-refractivity contribution in [1.29, 1.82) is 0 Å². The largest absolute Gasteiger partial charge is 0.342 e. The minimum absolute atomic E-state index is 0.00759. The maximum Gasteiger partial charge on any atom is 0.251 e. The molecule has 0 fully saturated rings. The van der Waals surface area contributed by atoms with Gasteiger partial charge in [0.15, 0.2) is 0 Å². The fourth-order valence-electron chi connectivity index (χ4n) is 4.17. The normalized spacial score (nSPS) is 12.0. The van der Waals surface area contributed by atoms with E-state index < -0.39 is 6.04 Å². The number of nitrogens with zero attached hydrogens (tertiary/aromatic N) is 3. The molecule has 1 aromatic heterocycles. The number of carbonyl (C=O) groups excluding carboxylic acids is 2. The van der Waals surface area contributed by atoms with E-state index >= 15 is 0 Å². The molecule has 0 radical (unpaired) electrons. The van der Waals surface area contributed by atoms with Crippen LogP contribution < -0.4 is 10.2 Å². The Morgan fingerprint density at radius 2 is 1.56 bits per heavy atom. The summed E-state index contributed by atoms with van der Waals surface area (Å²) >= 11 is 0. The molecule has 6 nitrogen and oxygen atoms in total. The van der Waals surface area contributed by atoms with Crippen molar-refractivity contribution in [1.82, 2.24) is 14.9 Å². The summed E-state index contributed by atoms with van der Waals surface area (Å²) in [6.45, 7) is 8.00. The molecule has 3 aromatic carbocycles. The number of para-hydroxylation sites is 3. The monoisotopic (exact) mass is 454 g/mol. The summed E-state index contributed by atoms with van der Waals surface area (Å²) in [5.74, 6) is 0.431. The van der Waals surface area contributed by atoms with Gasteiger partial charge >= 0.3 is 0 Å². The number of hydrogen-bond donors (Lipinski definition) is 1. The van der Waals surface area contributed by atoms with Crippen LogP contribution in [-0.4, -0.2) is 27.4 Å². The van der Waals surface area contributed by atoms with Crippen LogP contribution in [0.4, 0.5) is 5.69 Å². The maximum atomic E-state index is 13.5. The van der Waals surface area contributed by atoms with Crippen molar-refractivity contribution in [2.75, 3.05) is 4.90 Å². The molecule has 1 unspecified atom stereocenters. The summed E-state index contributed by atoms with van der Waals surface area (Å²) in [7, 11) is 0. The highest BCUT2D eigenvalue weighted by Gasteiger charge is 2.24. The lowest BCUT2D eigenvalue weighted by atomic mass is 10.1. The van der Waals surface area contributed by atoms with Gasteiger partial charge in [-0.3, -0.25) is 9.59 Å². The van der Waals surface area contributed by atoms with E-state index in [4.69, 9.17) is 4.98 Å². The third kappa shape index (κ3) is 4.86. The highest BCUT2D eigenvalue weighted by Crippen LogP contribution is 2.23. The van der Waals surface area contributed by atoms with Crippen LogP contribution in [0, 0.1) is 6.92 Å². The number of aryl methyl sites for hydroxylation is 1. The van der Waals surface area contributed by atoms with E-state index in [9.17, 15) is 9.59 Å². The lowest BCUT2D eigenvalue weighted by Gasteiger charge is -2.28. The summed E-state index contributed by atoms with van der Waals surface area (Å²) in [5.41, 5.74) is 4.19. The van der Waals surface area contributed by atoms with E-state index in [1.807, 2.05) is 111 Å². The van der Waals surface area contributed by atoms with Gasteiger partial charge in [0.1, 0.15) is 12.4 Å². The number of benzene rings is 3. The molecule has 1 atom stereocenters. The van der Waals surface area contributed by atoms with Crippen LogP contribution in [-0.2, 0) is 11.3 Å². The van der Waals surface area contributed by atoms with Gasteiger partial charge < -0.3 is 14.8 Å². The molecule has 174 valence electrons. The number of carbonyl (C=O) groups is 2. The lowest BCUT2D eigenvalue weighted by Crippen LogP contribution is -2.40. The Morgan fingerprint density at radius 3 is 2.24 bits per heavy atom. The topological polar surface area (TPSA) is 67.2 Å². The van der Waals surface area contributed by atoms with Crippen molar-refractivity contribution in [3.8, 4) is 0 Å². The van der Waals surface area contributed by atoms with Crippen molar-refractivity contribution in [3.63, 3.8) is 0 Å². The number of amides is 2. The zero-order valence-corrected chi connectivity index (χ0v) is 20.0. The molecule has 0 saturated carbocycles. The summed E-state index contributed by atoms with van der Waals surface area (Å²) in [6.07, 6.45) is 0. The van der Waals surface area contributed by atoms with Crippen LogP contribution in [0.3, 0.4) is 0 Å². The summed E-state index contributed by atoms with van der Waals surface area (Å²) in [5, 5.41) is 3.04. The van der Waals surface area contributed by atoms with Gasteiger partial charge in [0.2, 0.25) is 5.91 Å². The minimum atomic E-state index is -0.391. The third-order valence-corrected chi connectivity index (χ3v) is 5.85. The molecule has 4 aromatic rings. The maximum absolute atomic E-state index is 13.5. The predicted octanol–water partition coefficient (Wildman–Crippen LogP) is 5.28. The van der Waals surface area contributed by atoms with Crippen LogP contribution in [0.1, 0.15) is 48.6 Å². The van der Waals surface area contributed by atoms with Crippen LogP contribution in [0.25, 0.3) is 11.0 Å². The molecule has 6 heteroatoms. The number of rotatable bonds is 7. The number of nitrogens with one attached hydrogen (secondary N) is 1. The second kappa shape index (κ2) is 9.91. The first-order valence-electron chi connectivity index (χ1n) is 11.5. The van der Waals surface area contributed by atoms with Gasteiger partial charge in [0, 0.05) is 17.3 Å². The summed E-state index contributed by atoms with van der Waals surface area (Å²) < 4.78 is 1.91. The smallest absolute Gasteiger partial charge is 0.251 e. The Kier molecular flexibility index (Phi) is 6.77. The van der Waals surface area contributed by atoms with E-state index in [0.29, 0.717) is 11.4 Å². The van der Waals surface area contributed by atoms with Gasteiger partial charge in [-0.15, -0.1) is 0 Å². The van der Waals surface area contributed by atoms with E-state index in [2.05, 4.69) is 5.32 Å². The Balaban J connectivity index is 1.65. The van der Waals surface area contributed by atoms with Crippen LogP contribution in [0.5, 0.6) is 0 Å². The molecule has 0 aliphatic heterocycles. The molecule has 0 aliphatic carbocycles. The average Bonchev–Trinajstić information content (AvgIpc) is 3.18. The van der Waals surface area contributed by atoms with Crippen molar-refractivity contribution in [2.45, 2.75) is 46.3 Å². The van der Waals surface area contributed by atoms with Gasteiger partial charge in [-0.1, -0.05) is 48.0 Å². The van der Waals surface area contributed by atoms with Gasteiger partial charge in [-0.2, -0.15) is 0 Å². The fraction of sp³-hybridized carbons (Fsp3) is 0.250. The molecule has 4 rings (SSSR count). The summed E-state index contributed by atoms with van der Waals surface area (Å²) in [6, 6.07) is 24.5. The van der Waals surface area contributed by atoms with Crippen molar-refractivity contribution < 1.29 is 9.59 Å². The van der Waals surface area contributed by atoms with Gasteiger partial charge in [-0.25, -0.2) is 4.98 Å². The second-order valence-corrected chi connectivity index (χ2v) is 8.80. The average molecular weight is 455 g/mol. The van der Waals surface area contributed by atoms with E-state index in [1.54, 1.807) is 4.90 Å². The van der Waals surface area contributed by atoms with Crippen LogP contribution in [0.2, 0.25) is 0 Å². The molecular weight excluding hydrogens is 424 g/mol. The highest BCUT2D eigenvalue weighted by atomic mass is 16.2. The minimum Gasteiger partial charge on any atom is -0.342 e. The van der Waals surface area contributed by atoms with Crippen molar-refractivity contribution >= 4 is 28.5 Å². The predicted molar refractivity (Wildman–Crippen MR) is 136 cm³/mol. The number of hydrogen-bond acceptors (Lipinski definition) is 3. The van der Waals surface area contributed by atoms with Crippen LogP contribution in [0.15, 0.2) is 78.9 Å². The lowest BCUT2D eigenvalue weighted by molar-refractivity contribution is -0.119. The Hall–Kier alpha value is -3.93. The number of aromatic nitrogens is 2. The Labute approximate surface area is 200 Å².